The first-order valence-electron chi connectivity index (χ1n) is 8.58. The Balaban J connectivity index is 1.59. The molecule has 8 heteroatoms. The highest BCUT2D eigenvalue weighted by Gasteiger charge is 2.28. The standard InChI is InChI=1S/C19H20N2O5S/c22-18(11-6-14-4-1-2-5-17(14)19(23)24)20-15-7-9-16(10-8-15)21-12-3-13-27(21,25)26/h1-2,4-5,7-10H,3,6,11-13H2,(H,20,22)(H,23,24). The van der Waals surface area contributed by atoms with Gasteiger partial charge < -0.3 is 10.4 Å². The molecule has 1 heterocycles. The molecule has 0 radical (unpaired) electrons. The van der Waals surface area contributed by atoms with Gasteiger partial charge in [-0.05, 0) is 48.7 Å². The predicted octanol–water partition coefficient (Wildman–Crippen LogP) is 2.50. The smallest absolute Gasteiger partial charge is 0.335 e. The Morgan fingerprint density at radius 1 is 1.07 bits per heavy atom. The summed E-state index contributed by atoms with van der Waals surface area (Å²) in [5.74, 6) is -1.10. The van der Waals surface area contributed by atoms with Crippen LogP contribution in [0.25, 0.3) is 0 Å². The molecule has 2 aromatic rings. The van der Waals surface area contributed by atoms with Crippen LogP contribution in [0.2, 0.25) is 0 Å². The molecule has 27 heavy (non-hydrogen) atoms. The van der Waals surface area contributed by atoms with Crippen molar-refractivity contribution < 1.29 is 23.1 Å². The first-order chi connectivity index (χ1) is 12.9. The highest BCUT2D eigenvalue weighted by atomic mass is 32.2. The fourth-order valence-corrected chi connectivity index (χ4v) is 4.62. The SMILES string of the molecule is O=C(CCc1ccccc1C(=O)O)Nc1ccc(N2CCCS2(=O)=O)cc1. The Morgan fingerprint density at radius 3 is 2.41 bits per heavy atom. The summed E-state index contributed by atoms with van der Waals surface area (Å²) in [6.07, 6.45) is 1.07. The average Bonchev–Trinajstić information content (AvgIpc) is 3.00. The van der Waals surface area contributed by atoms with Crippen LogP contribution in [-0.4, -0.2) is 37.7 Å². The summed E-state index contributed by atoms with van der Waals surface area (Å²) in [7, 11) is -3.23. The van der Waals surface area contributed by atoms with Crippen LogP contribution in [0.4, 0.5) is 11.4 Å². The first-order valence-corrected chi connectivity index (χ1v) is 10.2. The number of carbonyl (C=O) groups is 2. The number of aromatic carboxylic acids is 1. The number of anilines is 2. The van der Waals surface area contributed by atoms with Gasteiger partial charge in [0.15, 0.2) is 0 Å². The zero-order valence-electron chi connectivity index (χ0n) is 14.6. The van der Waals surface area contributed by atoms with Crippen LogP contribution in [0.5, 0.6) is 0 Å². The van der Waals surface area contributed by atoms with E-state index in [0.29, 0.717) is 36.3 Å². The highest BCUT2D eigenvalue weighted by Crippen LogP contribution is 2.25. The van der Waals surface area contributed by atoms with E-state index in [1.807, 2.05) is 0 Å². The second kappa shape index (κ2) is 7.79. The van der Waals surface area contributed by atoms with Crippen molar-refractivity contribution in [2.45, 2.75) is 19.3 Å². The molecule has 1 aliphatic rings. The molecular weight excluding hydrogens is 368 g/mol. The van der Waals surface area contributed by atoms with E-state index in [2.05, 4.69) is 5.32 Å². The van der Waals surface area contributed by atoms with Crippen molar-refractivity contribution in [2.75, 3.05) is 21.9 Å². The summed E-state index contributed by atoms with van der Waals surface area (Å²) in [4.78, 5) is 23.3. The zero-order chi connectivity index (χ0) is 19.4. The van der Waals surface area contributed by atoms with Crippen LogP contribution in [0.1, 0.15) is 28.8 Å². The number of carbonyl (C=O) groups excluding carboxylic acids is 1. The topological polar surface area (TPSA) is 104 Å². The van der Waals surface area contributed by atoms with Crippen LogP contribution in [-0.2, 0) is 21.2 Å². The van der Waals surface area contributed by atoms with Crippen molar-refractivity contribution >= 4 is 33.3 Å². The van der Waals surface area contributed by atoms with Crippen LogP contribution < -0.4 is 9.62 Å². The third kappa shape index (κ3) is 4.46. The number of nitrogens with zero attached hydrogens (tertiary/aromatic N) is 1. The molecule has 3 rings (SSSR count). The highest BCUT2D eigenvalue weighted by molar-refractivity contribution is 7.93. The van der Waals surface area contributed by atoms with Crippen LogP contribution >= 0.6 is 0 Å². The Bertz CT molecular complexity index is 954. The van der Waals surface area contributed by atoms with E-state index in [0.717, 1.165) is 0 Å². The molecule has 2 N–H and O–H groups in total. The van der Waals surface area contributed by atoms with Gasteiger partial charge in [0.05, 0.1) is 17.0 Å². The maximum Gasteiger partial charge on any atom is 0.335 e. The van der Waals surface area contributed by atoms with Crippen LogP contribution in [0.3, 0.4) is 0 Å². The van der Waals surface area contributed by atoms with Crippen molar-refractivity contribution in [1.82, 2.24) is 0 Å². The van der Waals surface area contributed by atoms with Crippen LogP contribution in [0.15, 0.2) is 48.5 Å². The maximum atomic E-state index is 12.1. The molecule has 1 saturated heterocycles. The molecular formula is C19H20N2O5S. The molecule has 0 aromatic heterocycles. The third-order valence-electron chi connectivity index (χ3n) is 4.41. The van der Waals surface area contributed by atoms with Gasteiger partial charge >= 0.3 is 5.97 Å². The Morgan fingerprint density at radius 2 is 1.78 bits per heavy atom. The monoisotopic (exact) mass is 388 g/mol. The van der Waals surface area contributed by atoms with Gasteiger partial charge in [-0.15, -0.1) is 0 Å². The lowest BCUT2D eigenvalue weighted by atomic mass is 10.0. The number of rotatable bonds is 6. The van der Waals surface area contributed by atoms with Crippen molar-refractivity contribution in [2.24, 2.45) is 0 Å². The number of aryl methyl sites for hydroxylation is 1. The molecule has 0 atom stereocenters. The molecule has 1 aliphatic heterocycles. The second-order valence-electron chi connectivity index (χ2n) is 6.30. The number of hydrogen-bond donors (Lipinski definition) is 2. The minimum absolute atomic E-state index is 0.145. The number of carboxylic acid groups (broad SMARTS) is 1. The third-order valence-corrected chi connectivity index (χ3v) is 6.28. The molecule has 1 fully saturated rings. The second-order valence-corrected chi connectivity index (χ2v) is 8.31. The fraction of sp³-hybridized carbons (Fsp3) is 0.263. The van der Waals surface area contributed by atoms with Gasteiger partial charge in [0.1, 0.15) is 0 Å². The summed E-state index contributed by atoms with van der Waals surface area (Å²) >= 11 is 0. The van der Waals surface area contributed by atoms with Gasteiger partial charge in [0.25, 0.3) is 0 Å². The number of sulfonamides is 1. The van der Waals surface area contributed by atoms with Gasteiger partial charge in [-0.25, -0.2) is 13.2 Å². The fourth-order valence-electron chi connectivity index (χ4n) is 3.06. The van der Waals surface area contributed by atoms with Crippen molar-refractivity contribution in [3.8, 4) is 0 Å². The van der Waals surface area contributed by atoms with E-state index in [1.54, 1.807) is 42.5 Å². The van der Waals surface area contributed by atoms with E-state index in [9.17, 15) is 23.1 Å². The van der Waals surface area contributed by atoms with Gasteiger partial charge in [-0.3, -0.25) is 9.10 Å². The van der Waals surface area contributed by atoms with E-state index >= 15 is 0 Å². The summed E-state index contributed by atoms with van der Waals surface area (Å²) in [5, 5.41) is 11.9. The first kappa shape index (κ1) is 18.9. The zero-order valence-corrected chi connectivity index (χ0v) is 15.4. The lowest BCUT2D eigenvalue weighted by Gasteiger charge is -2.17. The summed E-state index contributed by atoms with van der Waals surface area (Å²) in [6.45, 7) is 0.469. The lowest BCUT2D eigenvalue weighted by molar-refractivity contribution is -0.116. The number of nitrogens with one attached hydrogen (secondary N) is 1. The summed E-state index contributed by atoms with van der Waals surface area (Å²) < 4.78 is 25.2. The van der Waals surface area contributed by atoms with Gasteiger partial charge in [-0.2, -0.15) is 0 Å². The van der Waals surface area contributed by atoms with Crippen molar-refractivity contribution in [3.05, 3.63) is 59.7 Å². The normalized spacial score (nSPS) is 15.5. The molecule has 0 aliphatic carbocycles. The van der Waals surface area contributed by atoms with E-state index in [1.165, 1.54) is 10.4 Å². The largest absolute Gasteiger partial charge is 0.478 e. The number of carboxylic acids is 1. The van der Waals surface area contributed by atoms with Crippen LogP contribution in [0, 0.1) is 0 Å². The molecule has 142 valence electrons. The number of hydrogen-bond acceptors (Lipinski definition) is 4. The molecule has 7 nitrogen and oxygen atoms in total. The quantitative estimate of drug-likeness (QED) is 0.791. The minimum atomic E-state index is -3.23. The van der Waals surface area contributed by atoms with Crippen molar-refractivity contribution in [1.29, 1.82) is 0 Å². The van der Waals surface area contributed by atoms with Gasteiger partial charge in [0, 0.05) is 18.7 Å². The Labute approximate surface area is 157 Å². The Hall–Kier alpha value is -2.87. The summed E-state index contributed by atoms with van der Waals surface area (Å²) in [6, 6.07) is 13.2. The Kier molecular flexibility index (Phi) is 5.46. The number of benzene rings is 2. The predicted molar refractivity (Wildman–Crippen MR) is 103 cm³/mol. The molecule has 0 unspecified atom stereocenters. The maximum absolute atomic E-state index is 12.1. The van der Waals surface area contributed by atoms with E-state index < -0.39 is 16.0 Å². The lowest BCUT2D eigenvalue weighted by Crippen LogP contribution is -2.25. The molecule has 0 bridgehead atoms. The molecule has 0 spiro atoms. The molecule has 0 saturated carbocycles. The van der Waals surface area contributed by atoms with E-state index in [-0.39, 0.29) is 23.6 Å². The van der Waals surface area contributed by atoms with Gasteiger partial charge in [-0.1, -0.05) is 18.2 Å². The number of amides is 1. The minimum Gasteiger partial charge on any atom is -0.478 e. The molecule has 1 amide bonds. The van der Waals surface area contributed by atoms with Gasteiger partial charge in [0.2, 0.25) is 15.9 Å². The molecule has 2 aromatic carbocycles. The van der Waals surface area contributed by atoms with E-state index in [4.69, 9.17) is 0 Å². The summed E-state index contributed by atoms with van der Waals surface area (Å²) in [5.41, 5.74) is 1.95. The van der Waals surface area contributed by atoms with Crippen molar-refractivity contribution in [3.63, 3.8) is 0 Å². The average molecular weight is 388 g/mol.